The van der Waals surface area contributed by atoms with Crippen LogP contribution in [-0.4, -0.2) is 35.6 Å². The summed E-state index contributed by atoms with van der Waals surface area (Å²) in [6.07, 6.45) is 3.38. The predicted octanol–water partition coefficient (Wildman–Crippen LogP) is -0.591. The van der Waals surface area contributed by atoms with Crippen LogP contribution >= 0.6 is 0 Å². The summed E-state index contributed by atoms with van der Waals surface area (Å²) in [5, 5.41) is 20.8. The van der Waals surface area contributed by atoms with Crippen LogP contribution in [0.3, 0.4) is 0 Å². The van der Waals surface area contributed by atoms with Gasteiger partial charge in [0.15, 0.2) is 5.82 Å². The van der Waals surface area contributed by atoms with Crippen LogP contribution in [0.5, 0.6) is 0 Å². The molecule has 7 nitrogen and oxygen atoms in total. The van der Waals surface area contributed by atoms with Gasteiger partial charge >= 0.3 is 0 Å². The van der Waals surface area contributed by atoms with Gasteiger partial charge in [-0.1, -0.05) is 5.21 Å². The molecule has 13 heavy (non-hydrogen) atoms. The third-order valence-electron chi connectivity index (χ3n) is 1.63. The molecule has 67 valence electrons. The summed E-state index contributed by atoms with van der Waals surface area (Å²) < 4.78 is 1.68. The molecule has 2 heterocycles. The van der Waals surface area contributed by atoms with Gasteiger partial charge in [0.25, 0.3) is 0 Å². The van der Waals surface area contributed by atoms with Crippen LogP contribution in [0.1, 0.15) is 11.7 Å². The number of tetrazole rings is 1. The summed E-state index contributed by atoms with van der Waals surface area (Å²) in [4.78, 5) is 0. The number of nitrogens with zero attached hydrogens (tertiary/aromatic N) is 6. The van der Waals surface area contributed by atoms with Gasteiger partial charge in [-0.25, -0.2) is 5.10 Å². The minimum atomic E-state index is -0.0447. The van der Waals surface area contributed by atoms with E-state index in [9.17, 15) is 0 Å². The Bertz CT molecular complexity index is 337. The summed E-state index contributed by atoms with van der Waals surface area (Å²) in [5.41, 5.74) is 0. The fourth-order valence-electron chi connectivity index (χ4n) is 0.982. The van der Waals surface area contributed by atoms with E-state index in [1.807, 2.05) is 0 Å². The standard InChI is InChI=1S/C6H8N7/c1-5(6-8-10-11-9-6)4-13-3-2-7-12-13/h2-3,5H,1,4H2,(H,8,9,10,11). The first-order chi connectivity index (χ1) is 6.36. The highest BCUT2D eigenvalue weighted by molar-refractivity contribution is 4.92. The molecule has 0 saturated heterocycles. The fourth-order valence-corrected chi connectivity index (χ4v) is 0.982. The molecule has 1 unspecified atom stereocenters. The largest absolute Gasteiger partial charge is 0.252 e. The van der Waals surface area contributed by atoms with Crippen molar-refractivity contribution < 1.29 is 0 Å². The van der Waals surface area contributed by atoms with Gasteiger partial charge in [0.05, 0.1) is 12.7 Å². The molecule has 0 saturated carbocycles. The van der Waals surface area contributed by atoms with Crippen molar-refractivity contribution in [2.75, 3.05) is 0 Å². The molecule has 0 amide bonds. The van der Waals surface area contributed by atoms with Crippen LogP contribution < -0.4 is 0 Å². The maximum absolute atomic E-state index is 3.89. The van der Waals surface area contributed by atoms with E-state index in [-0.39, 0.29) is 5.92 Å². The van der Waals surface area contributed by atoms with E-state index in [0.29, 0.717) is 12.4 Å². The molecule has 0 fully saturated rings. The van der Waals surface area contributed by atoms with E-state index in [2.05, 4.69) is 37.9 Å². The van der Waals surface area contributed by atoms with Crippen LogP contribution in [0.25, 0.3) is 0 Å². The average Bonchev–Trinajstić information content (AvgIpc) is 2.74. The molecule has 0 aliphatic heterocycles. The summed E-state index contributed by atoms with van der Waals surface area (Å²) in [7, 11) is 0. The van der Waals surface area contributed by atoms with Gasteiger partial charge in [0, 0.05) is 12.1 Å². The lowest BCUT2D eigenvalue weighted by atomic mass is 10.2. The van der Waals surface area contributed by atoms with E-state index in [4.69, 9.17) is 0 Å². The van der Waals surface area contributed by atoms with Gasteiger partial charge in [-0.2, -0.15) is 0 Å². The third kappa shape index (κ3) is 1.68. The molecule has 2 aromatic rings. The van der Waals surface area contributed by atoms with Crippen LogP contribution in [0, 0.1) is 6.92 Å². The van der Waals surface area contributed by atoms with Gasteiger partial charge in [-0.15, -0.1) is 10.2 Å². The first-order valence-electron chi connectivity index (χ1n) is 3.77. The van der Waals surface area contributed by atoms with Crippen molar-refractivity contribution in [1.82, 2.24) is 35.6 Å². The lowest BCUT2D eigenvalue weighted by Gasteiger charge is -2.05. The summed E-state index contributed by atoms with van der Waals surface area (Å²) in [6.45, 7) is 4.50. The fraction of sp³-hybridized carbons (Fsp3) is 0.333. The summed E-state index contributed by atoms with van der Waals surface area (Å²) >= 11 is 0. The quantitative estimate of drug-likeness (QED) is 0.678. The second-order valence-corrected chi connectivity index (χ2v) is 2.61. The van der Waals surface area contributed by atoms with E-state index in [0.717, 1.165) is 0 Å². The third-order valence-corrected chi connectivity index (χ3v) is 1.63. The van der Waals surface area contributed by atoms with Crippen molar-refractivity contribution >= 4 is 0 Å². The van der Waals surface area contributed by atoms with E-state index in [1.165, 1.54) is 0 Å². The Kier molecular flexibility index (Phi) is 1.99. The minimum absolute atomic E-state index is 0.0447. The van der Waals surface area contributed by atoms with Crippen molar-refractivity contribution in [2.45, 2.75) is 12.5 Å². The average molecular weight is 178 g/mol. The van der Waals surface area contributed by atoms with E-state index in [1.54, 1.807) is 17.1 Å². The Labute approximate surface area is 74.2 Å². The maximum atomic E-state index is 3.89. The molecule has 2 aromatic heterocycles. The zero-order chi connectivity index (χ0) is 9.10. The SMILES string of the molecule is [CH2]C(Cn1ccnn1)c1nnn[nH]1. The van der Waals surface area contributed by atoms with Crippen molar-refractivity contribution in [3.05, 3.63) is 25.1 Å². The molecular weight excluding hydrogens is 170 g/mol. The Hall–Kier alpha value is -1.79. The summed E-state index contributed by atoms with van der Waals surface area (Å²) in [6, 6.07) is 0. The molecular formula is C6H8N7. The van der Waals surface area contributed by atoms with Crippen LogP contribution in [0.4, 0.5) is 0 Å². The zero-order valence-corrected chi connectivity index (χ0v) is 6.83. The molecule has 0 spiro atoms. The van der Waals surface area contributed by atoms with E-state index >= 15 is 0 Å². The highest BCUT2D eigenvalue weighted by Gasteiger charge is 2.10. The zero-order valence-electron chi connectivity index (χ0n) is 6.83. The van der Waals surface area contributed by atoms with Crippen molar-refractivity contribution in [1.29, 1.82) is 0 Å². The summed E-state index contributed by atoms with van der Waals surface area (Å²) in [5.74, 6) is 0.604. The number of aromatic amines is 1. The lowest BCUT2D eigenvalue weighted by Crippen LogP contribution is -2.08. The number of hydrogen-bond acceptors (Lipinski definition) is 5. The van der Waals surface area contributed by atoms with Gasteiger partial charge in [0.1, 0.15) is 0 Å². The van der Waals surface area contributed by atoms with Crippen LogP contribution in [0.15, 0.2) is 12.4 Å². The molecule has 0 aliphatic carbocycles. The van der Waals surface area contributed by atoms with Gasteiger partial charge in [-0.3, -0.25) is 4.68 Å². The number of aromatic nitrogens is 7. The minimum Gasteiger partial charge on any atom is -0.252 e. The molecule has 1 radical (unpaired) electrons. The number of H-pyrrole nitrogens is 1. The maximum Gasteiger partial charge on any atom is 0.153 e. The highest BCUT2D eigenvalue weighted by Crippen LogP contribution is 2.08. The van der Waals surface area contributed by atoms with Gasteiger partial charge in [-0.05, 0) is 17.4 Å². The molecule has 0 aliphatic rings. The van der Waals surface area contributed by atoms with Crippen LogP contribution in [0.2, 0.25) is 0 Å². The monoisotopic (exact) mass is 178 g/mol. The molecule has 1 atom stereocenters. The lowest BCUT2D eigenvalue weighted by molar-refractivity contribution is 0.536. The second kappa shape index (κ2) is 3.30. The Morgan fingerprint density at radius 2 is 2.54 bits per heavy atom. The van der Waals surface area contributed by atoms with E-state index < -0.39 is 0 Å². The topological polar surface area (TPSA) is 85.2 Å². The highest BCUT2D eigenvalue weighted by atomic mass is 15.5. The normalized spacial score (nSPS) is 13.0. The first kappa shape index (κ1) is 7.84. The van der Waals surface area contributed by atoms with Crippen molar-refractivity contribution in [3.8, 4) is 0 Å². The molecule has 2 rings (SSSR count). The van der Waals surface area contributed by atoms with Gasteiger partial charge < -0.3 is 0 Å². The van der Waals surface area contributed by atoms with Crippen molar-refractivity contribution in [3.63, 3.8) is 0 Å². The predicted molar refractivity (Wildman–Crippen MR) is 42.3 cm³/mol. The Morgan fingerprint density at radius 1 is 1.62 bits per heavy atom. The van der Waals surface area contributed by atoms with Crippen LogP contribution in [-0.2, 0) is 6.54 Å². The molecule has 0 aromatic carbocycles. The first-order valence-corrected chi connectivity index (χ1v) is 3.77. The number of hydrogen-bond donors (Lipinski definition) is 1. The second-order valence-electron chi connectivity index (χ2n) is 2.61. The number of rotatable bonds is 3. The molecule has 7 heteroatoms. The number of nitrogens with one attached hydrogen (secondary N) is 1. The Morgan fingerprint density at radius 3 is 3.15 bits per heavy atom. The van der Waals surface area contributed by atoms with Crippen molar-refractivity contribution in [2.24, 2.45) is 0 Å². The molecule has 0 bridgehead atoms. The Balaban J connectivity index is 2.04. The van der Waals surface area contributed by atoms with Gasteiger partial charge in [0.2, 0.25) is 0 Å². The molecule has 1 N–H and O–H groups in total. The smallest absolute Gasteiger partial charge is 0.153 e.